The molecule has 7 heteroatoms. The third-order valence-electron chi connectivity index (χ3n) is 8.56. The minimum absolute atomic E-state index is 0.683. The Kier molecular flexibility index (Phi) is 5.25. The van der Waals surface area contributed by atoms with Crippen LogP contribution >= 0.6 is 22.7 Å². The van der Waals surface area contributed by atoms with Crippen molar-refractivity contribution in [2.45, 2.75) is 0 Å². The van der Waals surface area contributed by atoms with Crippen LogP contribution in [0.1, 0.15) is 0 Å². The molecule has 0 atom stereocenters. The molecule has 10 rings (SSSR count). The van der Waals surface area contributed by atoms with Gasteiger partial charge in [0.25, 0.3) is 0 Å². The molecule has 0 aliphatic heterocycles. The minimum atomic E-state index is 0.683. The van der Waals surface area contributed by atoms with E-state index >= 15 is 0 Å². The van der Waals surface area contributed by atoms with Crippen LogP contribution in [0.3, 0.4) is 0 Å². The van der Waals surface area contributed by atoms with E-state index < -0.39 is 0 Å². The standard InChI is InChI=1S/C38H20N4OS2/c1-5-32-26(15-21(1)22-3-7-35-29(16-22)30-19-39-13-11-36(30)44-35)27-18-24(2-6-33(27)43-32)38-41-14-10-31(42-38)23-4-8-34-28(17-23)25-9-12-40-20-37(25)45-34/h1-20H. The number of fused-ring (bicyclic) bond motifs is 9. The molecule has 0 unspecified atom stereocenters. The Hall–Kier alpha value is -5.50. The van der Waals surface area contributed by atoms with Gasteiger partial charge in [0.05, 0.1) is 10.4 Å². The molecule has 0 aliphatic carbocycles. The Morgan fingerprint density at radius 1 is 0.444 bits per heavy atom. The molecule has 5 nitrogen and oxygen atoms in total. The van der Waals surface area contributed by atoms with E-state index in [0.29, 0.717) is 5.82 Å². The normalized spacial score (nSPS) is 12.0. The highest BCUT2D eigenvalue weighted by Gasteiger charge is 2.14. The first-order valence-electron chi connectivity index (χ1n) is 14.6. The van der Waals surface area contributed by atoms with Gasteiger partial charge in [-0.1, -0.05) is 18.2 Å². The van der Waals surface area contributed by atoms with Gasteiger partial charge in [0.1, 0.15) is 11.2 Å². The highest BCUT2D eigenvalue weighted by molar-refractivity contribution is 7.26. The van der Waals surface area contributed by atoms with Crippen molar-refractivity contribution in [3.63, 3.8) is 0 Å². The topological polar surface area (TPSA) is 64.7 Å². The van der Waals surface area contributed by atoms with E-state index in [1.54, 1.807) is 22.7 Å². The molecule has 0 spiro atoms. The van der Waals surface area contributed by atoms with Crippen molar-refractivity contribution in [2.75, 3.05) is 0 Å². The Morgan fingerprint density at radius 3 is 1.93 bits per heavy atom. The fourth-order valence-corrected chi connectivity index (χ4v) is 8.45. The molecule has 0 fully saturated rings. The molecule has 0 saturated heterocycles. The number of furan rings is 1. The predicted molar refractivity (Wildman–Crippen MR) is 187 cm³/mol. The average Bonchev–Trinajstić information content (AvgIpc) is 3.78. The molecule has 4 aromatic carbocycles. The summed E-state index contributed by atoms with van der Waals surface area (Å²) in [5.74, 6) is 0.683. The van der Waals surface area contributed by atoms with Crippen LogP contribution in [0, 0.1) is 0 Å². The smallest absolute Gasteiger partial charge is 0.159 e. The maximum Gasteiger partial charge on any atom is 0.159 e. The Labute approximate surface area is 264 Å². The lowest BCUT2D eigenvalue weighted by Crippen LogP contribution is -1.91. The fourth-order valence-electron chi connectivity index (χ4n) is 6.35. The van der Waals surface area contributed by atoms with Gasteiger partial charge in [-0.2, -0.15) is 0 Å². The molecule has 6 heterocycles. The number of nitrogens with zero attached hydrogens (tertiary/aromatic N) is 4. The van der Waals surface area contributed by atoms with Crippen LogP contribution in [0.5, 0.6) is 0 Å². The maximum atomic E-state index is 6.26. The van der Waals surface area contributed by atoms with E-state index in [0.717, 1.165) is 44.3 Å². The van der Waals surface area contributed by atoms with Gasteiger partial charge in [-0.25, -0.2) is 9.97 Å². The third kappa shape index (κ3) is 3.91. The summed E-state index contributed by atoms with van der Waals surface area (Å²) < 4.78 is 11.2. The molecule has 0 radical (unpaired) electrons. The fraction of sp³-hybridized carbons (Fsp3) is 0. The van der Waals surface area contributed by atoms with E-state index in [-0.39, 0.29) is 0 Å². The van der Waals surface area contributed by atoms with Crippen molar-refractivity contribution in [3.05, 3.63) is 122 Å². The summed E-state index contributed by atoms with van der Waals surface area (Å²) in [5, 5.41) is 6.99. The lowest BCUT2D eigenvalue weighted by atomic mass is 10.0. The summed E-state index contributed by atoms with van der Waals surface area (Å²) in [4.78, 5) is 18.3. The summed E-state index contributed by atoms with van der Waals surface area (Å²) in [5.41, 5.74) is 6.92. The van der Waals surface area contributed by atoms with Gasteiger partial charge in [0.15, 0.2) is 5.82 Å². The van der Waals surface area contributed by atoms with E-state index in [1.165, 1.54) is 45.9 Å². The number of hydrogen-bond donors (Lipinski definition) is 0. The number of rotatable bonds is 3. The highest BCUT2D eigenvalue weighted by atomic mass is 32.1. The molecule has 45 heavy (non-hydrogen) atoms. The summed E-state index contributed by atoms with van der Waals surface area (Å²) >= 11 is 3.57. The summed E-state index contributed by atoms with van der Waals surface area (Å²) in [6.07, 6.45) is 9.44. The highest BCUT2D eigenvalue weighted by Crippen LogP contribution is 2.39. The predicted octanol–water partition coefficient (Wildman–Crippen LogP) is 10.9. The lowest BCUT2D eigenvalue weighted by molar-refractivity contribution is 0.669. The molecule has 0 amide bonds. The molecule has 0 N–H and O–H groups in total. The molecule has 10 aromatic rings. The van der Waals surface area contributed by atoms with Gasteiger partial charge < -0.3 is 4.42 Å². The largest absolute Gasteiger partial charge is 0.456 e. The van der Waals surface area contributed by atoms with Gasteiger partial charge in [0, 0.05) is 88.5 Å². The first kappa shape index (κ1) is 24.9. The molecule has 210 valence electrons. The maximum absolute atomic E-state index is 6.26. The quantitative estimate of drug-likeness (QED) is 0.199. The third-order valence-corrected chi connectivity index (χ3v) is 10.8. The lowest BCUT2D eigenvalue weighted by Gasteiger charge is -2.05. The second-order valence-electron chi connectivity index (χ2n) is 11.2. The molecule has 6 aromatic heterocycles. The molecule has 0 saturated carbocycles. The van der Waals surface area contributed by atoms with Crippen molar-refractivity contribution in [2.24, 2.45) is 0 Å². The number of hydrogen-bond acceptors (Lipinski definition) is 7. The summed E-state index contributed by atoms with van der Waals surface area (Å²) in [7, 11) is 0. The molecular weight excluding hydrogens is 593 g/mol. The Morgan fingerprint density at radius 2 is 1.07 bits per heavy atom. The van der Waals surface area contributed by atoms with E-state index in [1.807, 2.05) is 49.2 Å². The summed E-state index contributed by atoms with van der Waals surface area (Å²) in [6, 6.07) is 32.0. The first-order valence-corrected chi connectivity index (χ1v) is 16.2. The zero-order chi connectivity index (χ0) is 29.5. The monoisotopic (exact) mass is 612 g/mol. The SMILES string of the molecule is c1cc2c(cn1)sc1ccc(-c3ccnc(-c4ccc5oc6ccc(-c7ccc8sc9ccncc9c8c7)cc6c5c4)n3)cc12. The number of pyridine rings is 2. The Bertz CT molecular complexity index is 2790. The van der Waals surface area contributed by atoms with Crippen molar-refractivity contribution < 1.29 is 4.42 Å². The zero-order valence-electron chi connectivity index (χ0n) is 23.6. The number of thiophene rings is 2. The van der Waals surface area contributed by atoms with Crippen LogP contribution in [0.15, 0.2) is 126 Å². The van der Waals surface area contributed by atoms with Crippen LogP contribution in [0.2, 0.25) is 0 Å². The van der Waals surface area contributed by atoms with Crippen LogP contribution in [-0.4, -0.2) is 19.9 Å². The summed E-state index contributed by atoms with van der Waals surface area (Å²) in [6.45, 7) is 0. The van der Waals surface area contributed by atoms with E-state index in [2.05, 4.69) is 87.7 Å². The van der Waals surface area contributed by atoms with E-state index in [9.17, 15) is 0 Å². The second-order valence-corrected chi connectivity index (χ2v) is 13.3. The van der Waals surface area contributed by atoms with Gasteiger partial charge in [-0.15, -0.1) is 22.7 Å². The second kappa shape index (κ2) is 9.50. The van der Waals surface area contributed by atoms with Gasteiger partial charge in [-0.05, 0) is 83.9 Å². The van der Waals surface area contributed by atoms with Gasteiger partial charge in [0.2, 0.25) is 0 Å². The van der Waals surface area contributed by atoms with Crippen LogP contribution in [0.4, 0.5) is 0 Å². The number of benzene rings is 4. The van der Waals surface area contributed by atoms with Crippen LogP contribution in [0.25, 0.3) is 96.1 Å². The number of aromatic nitrogens is 4. The van der Waals surface area contributed by atoms with Gasteiger partial charge in [-0.3, -0.25) is 9.97 Å². The van der Waals surface area contributed by atoms with Crippen LogP contribution < -0.4 is 0 Å². The van der Waals surface area contributed by atoms with Crippen molar-refractivity contribution >= 4 is 85.0 Å². The van der Waals surface area contributed by atoms with Crippen molar-refractivity contribution in [3.8, 4) is 33.8 Å². The Balaban J connectivity index is 1.07. The van der Waals surface area contributed by atoms with Crippen molar-refractivity contribution in [1.82, 2.24) is 19.9 Å². The first-order chi connectivity index (χ1) is 22.2. The molecular formula is C38H20N4OS2. The zero-order valence-corrected chi connectivity index (χ0v) is 25.2. The molecule has 0 aliphatic rings. The van der Waals surface area contributed by atoms with Gasteiger partial charge >= 0.3 is 0 Å². The molecule has 0 bridgehead atoms. The average molecular weight is 613 g/mol. The van der Waals surface area contributed by atoms with Crippen LogP contribution in [-0.2, 0) is 0 Å². The van der Waals surface area contributed by atoms with E-state index in [4.69, 9.17) is 9.40 Å². The minimum Gasteiger partial charge on any atom is -0.456 e. The van der Waals surface area contributed by atoms with Crippen molar-refractivity contribution in [1.29, 1.82) is 0 Å².